The standard InChI is InChI=1S/C24H24Cl2N6O3/c1-30(12-10-28-22-9-8-21(32(34)35)24(27)29-22)16-5-7-20(31-11-2-3-23(31)33)18(14-16)17-6-4-15(25)13-19(17)26/h4-9,13-14H,2-3,10-12H2,1H3,(H3,27,28,29). The lowest BCUT2D eigenvalue weighted by Gasteiger charge is -2.25. The van der Waals surface area contributed by atoms with Gasteiger partial charge in [0.05, 0.1) is 10.6 Å². The second kappa shape index (κ2) is 10.4. The van der Waals surface area contributed by atoms with E-state index in [9.17, 15) is 14.9 Å². The molecule has 1 aliphatic heterocycles. The van der Waals surface area contributed by atoms with E-state index in [0.29, 0.717) is 41.9 Å². The van der Waals surface area contributed by atoms with Gasteiger partial charge in [0.1, 0.15) is 5.82 Å². The number of likely N-dealkylation sites (N-methyl/N-ethyl adjacent to an activating group) is 1. The number of anilines is 4. The van der Waals surface area contributed by atoms with Gasteiger partial charge in [-0.05, 0) is 42.8 Å². The summed E-state index contributed by atoms with van der Waals surface area (Å²) in [4.78, 5) is 30.7. The van der Waals surface area contributed by atoms with Crippen molar-refractivity contribution in [3.8, 4) is 11.1 Å². The molecule has 3 N–H and O–H groups in total. The molecule has 1 saturated heterocycles. The molecule has 0 radical (unpaired) electrons. The van der Waals surface area contributed by atoms with E-state index in [4.69, 9.17) is 28.9 Å². The van der Waals surface area contributed by atoms with Crippen LogP contribution >= 0.6 is 23.2 Å². The van der Waals surface area contributed by atoms with Gasteiger partial charge in [0, 0.05) is 66.0 Å². The first-order valence-electron chi connectivity index (χ1n) is 11.0. The monoisotopic (exact) mass is 514 g/mol. The van der Waals surface area contributed by atoms with Crippen molar-refractivity contribution in [3.63, 3.8) is 0 Å². The fourth-order valence-corrected chi connectivity index (χ4v) is 4.53. The Kier molecular flexibility index (Phi) is 7.28. The predicted molar refractivity (Wildman–Crippen MR) is 141 cm³/mol. The van der Waals surface area contributed by atoms with E-state index in [1.54, 1.807) is 17.0 Å². The molecule has 0 saturated carbocycles. The quantitative estimate of drug-likeness (QED) is 0.312. The van der Waals surface area contributed by atoms with Crippen LogP contribution in [0.25, 0.3) is 11.1 Å². The van der Waals surface area contributed by atoms with Crippen LogP contribution in [0.15, 0.2) is 48.5 Å². The first-order chi connectivity index (χ1) is 16.7. The van der Waals surface area contributed by atoms with Crippen molar-refractivity contribution in [3.05, 3.63) is 68.7 Å². The van der Waals surface area contributed by atoms with Gasteiger partial charge in [-0.2, -0.15) is 0 Å². The highest BCUT2D eigenvalue weighted by atomic mass is 35.5. The smallest absolute Gasteiger partial charge is 0.311 e. The Bertz CT molecular complexity index is 1290. The van der Waals surface area contributed by atoms with Crippen molar-refractivity contribution >= 4 is 57.8 Å². The second-order valence-corrected chi connectivity index (χ2v) is 9.02. The average molecular weight is 515 g/mol. The third-order valence-electron chi connectivity index (χ3n) is 5.86. The molecule has 0 aliphatic carbocycles. The molecule has 1 fully saturated rings. The number of aromatic nitrogens is 1. The minimum absolute atomic E-state index is 0.0940. The highest BCUT2D eigenvalue weighted by Gasteiger charge is 2.25. The number of amides is 1. The van der Waals surface area contributed by atoms with Gasteiger partial charge in [0.25, 0.3) is 0 Å². The Morgan fingerprint density at radius 3 is 2.63 bits per heavy atom. The number of halogens is 2. The van der Waals surface area contributed by atoms with Crippen LogP contribution < -0.4 is 20.9 Å². The maximum atomic E-state index is 12.5. The minimum Gasteiger partial charge on any atom is -0.378 e. The molecule has 11 heteroatoms. The molecule has 9 nitrogen and oxygen atoms in total. The minimum atomic E-state index is -0.566. The zero-order valence-electron chi connectivity index (χ0n) is 19.0. The number of nitrogens with zero attached hydrogens (tertiary/aromatic N) is 4. The highest BCUT2D eigenvalue weighted by molar-refractivity contribution is 6.36. The predicted octanol–water partition coefficient (Wildman–Crippen LogP) is 5.22. The molecule has 2 aromatic carbocycles. The number of rotatable bonds is 8. The molecule has 1 aromatic heterocycles. The number of nitro groups is 1. The Morgan fingerprint density at radius 2 is 1.97 bits per heavy atom. The number of hydrogen-bond donors (Lipinski definition) is 2. The number of carbonyl (C=O) groups is 1. The number of hydrogen-bond acceptors (Lipinski definition) is 7. The summed E-state index contributed by atoms with van der Waals surface area (Å²) in [5.41, 5.74) is 8.83. The zero-order valence-corrected chi connectivity index (χ0v) is 20.5. The van der Waals surface area contributed by atoms with Gasteiger partial charge in [-0.3, -0.25) is 14.9 Å². The molecule has 4 rings (SSSR count). The van der Waals surface area contributed by atoms with Crippen LogP contribution in [0.5, 0.6) is 0 Å². The topological polar surface area (TPSA) is 118 Å². The SMILES string of the molecule is CN(CCNc1ccc([N+](=O)[O-])c(N)n1)c1ccc(N2CCCC2=O)c(-c2ccc(Cl)cc2Cl)c1. The summed E-state index contributed by atoms with van der Waals surface area (Å²) in [5.74, 6) is 0.416. The molecule has 0 bridgehead atoms. The number of nitrogens with two attached hydrogens (primary N) is 1. The van der Waals surface area contributed by atoms with Gasteiger partial charge in [-0.15, -0.1) is 0 Å². The Hall–Kier alpha value is -3.56. The lowest BCUT2D eigenvalue weighted by Crippen LogP contribution is -2.26. The molecule has 2 heterocycles. The van der Waals surface area contributed by atoms with Crippen LogP contribution in [-0.2, 0) is 4.79 Å². The number of carbonyl (C=O) groups excluding carboxylic acids is 1. The summed E-state index contributed by atoms with van der Waals surface area (Å²) in [5, 5.41) is 15.1. The molecule has 1 amide bonds. The van der Waals surface area contributed by atoms with Crippen LogP contribution in [0.1, 0.15) is 12.8 Å². The number of benzene rings is 2. The molecular weight excluding hydrogens is 491 g/mol. The van der Waals surface area contributed by atoms with Crippen molar-refractivity contribution in [2.45, 2.75) is 12.8 Å². The summed E-state index contributed by atoms with van der Waals surface area (Å²) >= 11 is 12.6. The summed E-state index contributed by atoms with van der Waals surface area (Å²) in [6, 6.07) is 14.1. The Labute approximate surface area is 212 Å². The van der Waals surface area contributed by atoms with Gasteiger partial charge in [-0.1, -0.05) is 29.3 Å². The first-order valence-corrected chi connectivity index (χ1v) is 11.8. The summed E-state index contributed by atoms with van der Waals surface area (Å²) < 4.78 is 0. The fourth-order valence-electron chi connectivity index (χ4n) is 4.02. The Balaban J connectivity index is 1.55. The van der Waals surface area contributed by atoms with Gasteiger partial charge >= 0.3 is 5.69 Å². The average Bonchev–Trinajstić information content (AvgIpc) is 3.24. The first kappa shape index (κ1) is 24.6. The van der Waals surface area contributed by atoms with Crippen LogP contribution in [-0.4, -0.2) is 42.5 Å². The molecule has 0 atom stereocenters. The third-order valence-corrected chi connectivity index (χ3v) is 6.41. The van der Waals surface area contributed by atoms with E-state index in [0.717, 1.165) is 28.9 Å². The maximum absolute atomic E-state index is 12.5. The van der Waals surface area contributed by atoms with Gasteiger partial charge in [-0.25, -0.2) is 4.98 Å². The number of pyridine rings is 1. The lowest BCUT2D eigenvalue weighted by atomic mass is 10.0. The zero-order chi connectivity index (χ0) is 25.1. The van der Waals surface area contributed by atoms with Crippen molar-refractivity contribution in [2.75, 3.05) is 47.5 Å². The molecular formula is C24H24Cl2N6O3. The summed E-state index contributed by atoms with van der Waals surface area (Å²) in [7, 11) is 1.95. The van der Waals surface area contributed by atoms with E-state index < -0.39 is 4.92 Å². The molecule has 182 valence electrons. The van der Waals surface area contributed by atoms with Crippen molar-refractivity contribution in [1.29, 1.82) is 0 Å². The van der Waals surface area contributed by atoms with Gasteiger partial charge < -0.3 is 20.9 Å². The molecule has 0 spiro atoms. The van der Waals surface area contributed by atoms with Crippen LogP contribution in [0.3, 0.4) is 0 Å². The van der Waals surface area contributed by atoms with Crippen molar-refractivity contribution in [1.82, 2.24) is 4.98 Å². The molecule has 1 aliphatic rings. The van der Waals surface area contributed by atoms with Crippen molar-refractivity contribution in [2.24, 2.45) is 0 Å². The van der Waals surface area contributed by atoms with Crippen LogP contribution in [0, 0.1) is 10.1 Å². The van der Waals surface area contributed by atoms with Crippen LogP contribution in [0.2, 0.25) is 10.0 Å². The fraction of sp³-hybridized carbons (Fsp3) is 0.250. The van der Waals surface area contributed by atoms with E-state index in [-0.39, 0.29) is 17.4 Å². The summed E-state index contributed by atoms with van der Waals surface area (Å²) in [6.07, 6.45) is 1.35. The van der Waals surface area contributed by atoms with E-state index >= 15 is 0 Å². The summed E-state index contributed by atoms with van der Waals surface area (Å²) in [6.45, 7) is 1.79. The lowest BCUT2D eigenvalue weighted by molar-refractivity contribution is -0.384. The second-order valence-electron chi connectivity index (χ2n) is 8.18. The molecule has 35 heavy (non-hydrogen) atoms. The molecule has 3 aromatic rings. The number of nitrogens with one attached hydrogen (secondary N) is 1. The maximum Gasteiger partial charge on any atom is 0.311 e. The van der Waals surface area contributed by atoms with Crippen molar-refractivity contribution < 1.29 is 9.72 Å². The van der Waals surface area contributed by atoms with Gasteiger partial charge in [0.2, 0.25) is 11.7 Å². The van der Waals surface area contributed by atoms with E-state index in [2.05, 4.69) is 10.3 Å². The van der Waals surface area contributed by atoms with Gasteiger partial charge in [0.15, 0.2) is 0 Å². The van der Waals surface area contributed by atoms with E-state index in [1.807, 2.05) is 36.2 Å². The largest absolute Gasteiger partial charge is 0.378 e. The molecule has 0 unspecified atom stereocenters. The third kappa shape index (κ3) is 5.41. The Morgan fingerprint density at radius 1 is 1.17 bits per heavy atom. The number of nitrogen functional groups attached to an aromatic ring is 1. The highest BCUT2D eigenvalue weighted by Crippen LogP contribution is 2.40. The van der Waals surface area contributed by atoms with Crippen LogP contribution in [0.4, 0.5) is 28.7 Å². The normalized spacial score (nSPS) is 13.2. The van der Waals surface area contributed by atoms with E-state index in [1.165, 1.54) is 12.1 Å².